The number of anilines is 3. The third-order valence-corrected chi connectivity index (χ3v) is 8.73. The van der Waals surface area contributed by atoms with Gasteiger partial charge in [-0.1, -0.05) is 48.5 Å². The topological polar surface area (TPSA) is 131 Å². The minimum atomic E-state index is -3.98. The third kappa shape index (κ3) is 6.04. The number of carbonyl (C=O) groups excluding carboxylic acids is 2. The first-order valence-electron chi connectivity index (χ1n) is 13.7. The van der Waals surface area contributed by atoms with Crippen LogP contribution in [0, 0.1) is 20.8 Å². The van der Waals surface area contributed by atoms with Crippen LogP contribution in [0.1, 0.15) is 37.5 Å². The smallest absolute Gasteiger partial charge is 0.295 e. The van der Waals surface area contributed by atoms with E-state index in [0.717, 1.165) is 5.56 Å². The summed E-state index contributed by atoms with van der Waals surface area (Å²) >= 11 is 0. The number of rotatable bonds is 8. The van der Waals surface area contributed by atoms with Crippen LogP contribution in [0.5, 0.6) is 0 Å². The third-order valence-electron chi connectivity index (χ3n) is 7.22. The molecule has 224 valence electrons. The quantitative estimate of drug-likeness (QED) is 0.217. The van der Waals surface area contributed by atoms with Crippen molar-refractivity contribution in [3.8, 4) is 5.69 Å². The first kappa shape index (κ1) is 30.1. The number of sulfonamides is 1. The molecule has 0 aliphatic heterocycles. The van der Waals surface area contributed by atoms with E-state index < -0.39 is 21.8 Å². The molecule has 0 spiro atoms. The molecule has 3 N–H and O–H groups in total. The summed E-state index contributed by atoms with van der Waals surface area (Å²) in [5.74, 6) is -1.11. The van der Waals surface area contributed by atoms with Crippen LogP contribution in [0.4, 0.5) is 17.1 Å². The van der Waals surface area contributed by atoms with E-state index in [9.17, 15) is 22.8 Å². The molecule has 0 unspecified atom stereocenters. The molecule has 1 aromatic heterocycles. The first-order valence-corrected chi connectivity index (χ1v) is 15.2. The van der Waals surface area contributed by atoms with Gasteiger partial charge in [-0.2, -0.15) is 0 Å². The van der Waals surface area contributed by atoms with Gasteiger partial charge in [0.1, 0.15) is 5.69 Å². The van der Waals surface area contributed by atoms with Crippen LogP contribution in [0.2, 0.25) is 0 Å². The van der Waals surface area contributed by atoms with Gasteiger partial charge in [-0.3, -0.25) is 23.8 Å². The monoisotopic (exact) mass is 609 g/mol. The number of hydrogen-bond acceptors (Lipinski definition) is 5. The lowest BCUT2D eigenvalue weighted by atomic mass is 10.1. The Morgan fingerprint density at radius 1 is 0.750 bits per heavy atom. The molecule has 44 heavy (non-hydrogen) atoms. The van der Waals surface area contributed by atoms with Crippen LogP contribution < -0.4 is 20.9 Å². The summed E-state index contributed by atoms with van der Waals surface area (Å²) < 4.78 is 32.1. The summed E-state index contributed by atoms with van der Waals surface area (Å²) in [4.78, 5) is 39.9. The molecule has 5 aromatic rings. The van der Waals surface area contributed by atoms with Crippen LogP contribution >= 0.6 is 0 Å². The zero-order valence-electron chi connectivity index (χ0n) is 24.6. The maximum atomic E-state index is 13.3. The Balaban J connectivity index is 1.36. The number of carbonyl (C=O) groups is 2. The van der Waals surface area contributed by atoms with Crippen molar-refractivity contribution >= 4 is 38.9 Å². The number of benzene rings is 4. The van der Waals surface area contributed by atoms with Crippen LogP contribution in [-0.4, -0.2) is 29.6 Å². The maximum Gasteiger partial charge on any atom is 0.295 e. The summed E-state index contributed by atoms with van der Waals surface area (Å²) in [5, 5.41) is 5.45. The zero-order valence-corrected chi connectivity index (χ0v) is 25.4. The minimum absolute atomic E-state index is 0.0950. The normalized spacial score (nSPS) is 11.2. The van der Waals surface area contributed by atoms with E-state index in [1.807, 2.05) is 24.3 Å². The van der Waals surface area contributed by atoms with E-state index in [4.69, 9.17) is 0 Å². The van der Waals surface area contributed by atoms with Gasteiger partial charge in [-0.15, -0.1) is 0 Å². The van der Waals surface area contributed by atoms with Gasteiger partial charge >= 0.3 is 0 Å². The Hall–Kier alpha value is -5.42. The Labute approximate surface area is 255 Å². The van der Waals surface area contributed by atoms with Gasteiger partial charge in [0.05, 0.1) is 27.5 Å². The Morgan fingerprint density at radius 2 is 1.45 bits per heavy atom. The van der Waals surface area contributed by atoms with Crippen LogP contribution in [-0.2, 0) is 17.1 Å². The van der Waals surface area contributed by atoms with Crippen molar-refractivity contribution in [2.45, 2.75) is 25.7 Å². The second kappa shape index (κ2) is 12.1. The second-order valence-corrected chi connectivity index (χ2v) is 12.0. The highest BCUT2D eigenvalue weighted by molar-refractivity contribution is 7.92. The second-order valence-electron chi connectivity index (χ2n) is 10.3. The largest absolute Gasteiger partial charge is 0.322 e. The molecule has 0 bridgehead atoms. The predicted molar refractivity (Wildman–Crippen MR) is 171 cm³/mol. The SMILES string of the molecule is Cc1ccc(C)c(S(=O)(=O)Nc2ccccc2C(=O)Nc2cccc(C(=O)Nc3c(C)n(C)n(-c4ccccc4)c3=O)c2)c1. The molecule has 0 atom stereocenters. The number of hydrogen-bond donors (Lipinski definition) is 3. The number of aromatic nitrogens is 2. The van der Waals surface area contributed by atoms with Gasteiger partial charge in [0, 0.05) is 18.3 Å². The molecule has 4 aromatic carbocycles. The highest BCUT2D eigenvalue weighted by Gasteiger charge is 2.22. The van der Waals surface area contributed by atoms with Crippen molar-refractivity contribution in [1.29, 1.82) is 0 Å². The van der Waals surface area contributed by atoms with E-state index in [1.165, 1.54) is 22.9 Å². The minimum Gasteiger partial charge on any atom is -0.322 e. The zero-order chi connectivity index (χ0) is 31.6. The van der Waals surface area contributed by atoms with E-state index in [2.05, 4.69) is 15.4 Å². The van der Waals surface area contributed by atoms with Crippen molar-refractivity contribution in [2.75, 3.05) is 15.4 Å². The average Bonchev–Trinajstić information content (AvgIpc) is 3.21. The van der Waals surface area contributed by atoms with Crippen LogP contribution in [0.3, 0.4) is 0 Å². The average molecular weight is 610 g/mol. The van der Waals surface area contributed by atoms with Gasteiger partial charge in [-0.25, -0.2) is 13.1 Å². The number of amides is 2. The molecule has 1 heterocycles. The lowest BCUT2D eigenvalue weighted by molar-refractivity contribution is 0.101. The van der Waals surface area contributed by atoms with Crippen molar-refractivity contribution in [3.05, 3.63) is 135 Å². The first-order chi connectivity index (χ1) is 21.0. The van der Waals surface area contributed by atoms with E-state index >= 15 is 0 Å². The fraction of sp³-hybridized carbons (Fsp3) is 0.121. The molecule has 10 nitrogen and oxygen atoms in total. The van der Waals surface area contributed by atoms with E-state index in [-0.39, 0.29) is 33.0 Å². The van der Waals surface area contributed by atoms with E-state index in [1.54, 1.807) is 87.1 Å². The predicted octanol–water partition coefficient (Wildman–Crippen LogP) is 5.41. The van der Waals surface area contributed by atoms with Gasteiger partial charge in [0.15, 0.2) is 0 Å². The van der Waals surface area contributed by atoms with Crippen molar-refractivity contribution in [3.63, 3.8) is 0 Å². The Morgan fingerprint density at radius 3 is 2.20 bits per heavy atom. The molecular formula is C33H31N5O5S. The lowest BCUT2D eigenvalue weighted by Gasteiger charge is -2.14. The number of para-hydroxylation sites is 2. The van der Waals surface area contributed by atoms with E-state index in [0.29, 0.717) is 22.6 Å². The number of aryl methyl sites for hydroxylation is 2. The van der Waals surface area contributed by atoms with Crippen LogP contribution in [0.25, 0.3) is 5.69 Å². The summed E-state index contributed by atoms with van der Waals surface area (Å²) in [7, 11) is -2.25. The molecular weight excluding hydrogens is 578 g/mol. The summed E-state index contributed by atoms with van der Waals surface area (Å²) in [6.45, 7) is 5.24. The molecule has 11 heteroatoms. The molecule has 2 amide bonds. The summed E-state index contributed by atoms with van der Waals surface area (Å²) in [5.41, 5.74) is 3.06. The fourth-order valence-electron chi connectivity index (χ4n) is 4.80. The molecule has 0 fully saturated rings. The summed E-state index contributed by atoms with van der Waals surface area (Å²) in [6.07, 6.45) is 0. The Kier molecular flexibility index (Phi) is 8.23. The Bertz CT molecular complexity index is 2060. The highest BCUT2D eigenvalue weighted by atomic mass is 32.2. The molecule has 0 saturated carbocycles. The fourth-order valence-corrected chi connectivity index (χ4v) is 6.21. The van der Waals surface area contributed by atoms with Gasteiger partial charge in [-0.05, 0) is 80.4 Å². The molecule has 0 saturated heterocycles. The standard InChI is InChI=1S/C33H31N5O5S/c1-21-17-18-22(2)29(19-21)44(42,43)36-28-16-9-8-15-27(28)32(40)34-25-12-10-11-24(20-25)31(39)35-30-23(3)37(4)38(33(30)41)26-13-6-5-7-14-26/h5-20,36H,1-4H3,(H,34,40)(H,35,39). The maximum absolute atomic E-state index is 13.3. The highest BCUT2D eigenvalue weighted by Crippen LogP contribution is 2.24. The number of nitrogens with one attached hydrogen (secondary N) is 3. The summed E-state index contributed by atoms with van der Waals surface area (Å²) in [6, 6.07) is 26.7. The van der Waals surface area contributed by atoms with Crippen LogP contribution in [0.15, 0.2) is 107 Å². The van der Waals surface area contributed by atoms with Crippen molar-refractivity contribution in [1.82, 2.24) is 9.36 Å². The molecule has 0 aliphatic rings. The molecule has 0 radical (unpaired) electrons. The van der Waals surface area contributed by atoms with Crippen molar-refractivity contribution < 1.29 is 18.0 Å². The van der Waals surface area contributed by atoms with Crippen molar-refractivity contribution in [2.24, 2.45) is 7.05 Å². The van der Waals surface area contributed by atoms with Gasteiger partial charge in [0.25, 0.3) is 27.4 Å². The number of nitrogens with zero attached hydrogens (tertiary/aromatic N) is 2. The lowest BCUT2D eigenvalue weighted by Crippen LogP contribution is -2.23. The van der Waals surface area contributed by atoms with Gasteiger partial charge < -0.3 is 10.6 Å². The molecule has 0 aliphatic carbocycles. The molecule has 5 rings (SSSR count). The van der Waals surface area contributed by atoms with Gasteiger partial charge in [0.2, 0.25) is 0 Å².